The zero-order chi connectivity index (χ0) is 14.6. The zero-order valence-corrected chi connectivity index (χ0v) is 12.1. The molecule has 0 aliphatic rings. The summed E-state index contributed by atoms with van der Waals surface area (Å²) in [4.78, 5) is 11.4. The van der Waals surface area contributed by atoms with Gasteiger partial charge in [0.15, 0.2) is 5.78 Å². The number of aliphatic hydroxyl groups is 1. The van der Waals surface area contributed by atoms with Crippen molar-refractivity contribution >= 4 is 15.8 Å². The second-order valence-corrected chi connectivity index (χ2v) is 6.59. The quantitative estimate of drug-likeness (QED) is 0.799. The number of Topliss-reactive ketones (excluding diaryl/α,β-unsaturated/α-hetero) is 1. The average Bonchev–Trinajstić information content (AvgIpc) is 2.35. The van der Waals surface area contributed by atoms with Crippen molar-refractivity contribution in [3.05, 3.63) is 29.8 Å². The minimum atomic E-state index is -3.62. The van der Waals surface area contributed by atoms with E-state index in [1.807, 2.05) is 0 Å². The second-order valence-electron chi connectivity index (χ2n) is 4.55. The van der Waals surface area contributed by atoms with Crippen LogP contribution in [0.15, 0.2) is 29.2 Å². The lowest BCUT2D eigenvalue weighted by molar-refractivity contribution is 0.101. The van der Waals surface area contributed by atoms with Crippen LogP contribution in [0.1, 0.15) is 30.6 Å². The van der Waals surface area contributed by atoms with Gasteiger partial charge in [0.25, 0.3) is 0 Å². The van der Waals surface area contributed by atoms with E-state index in [0.717, 1.165) is 0 Å². The minimum Gasteiger partial charge on any atom is -0.393 e. The predicted molar refractivity (Wildman–Crippen MR) is 72.6 cm³/mol. The van der Waals surface area contributed by atoms with Gasteiger partial charge in [0.2, 0.25) is 10.0 Å². The lowest BCUT2D eigenvalue weighted by Crippen LogP contribution is -2.29. The molecule has 6 heteroatoms. The third kappa shape index (κ3) is 4.12. The van der Waals surface area contributed by atoms with Crippen molar-refractivity contribution in [2.75, 3.05) is 13.6 Å². The fourth-order valence-electron chi connectivity index (χ4n) is 1.54. The van der Waals surface area contributed by atoms with Gasteiger partial charge in [-0.05, 0) is 32.4 Å². The summed E-state index contributed by atoms with van der Waals surface area (Å²) in [5.41, 5.74) is 0.366. The van der Waals surface area contributed by atoms with Crippen LogP contribution in [0, 0.1) is 0 Å². The molecule has 1 aromatic rings. The van der Waals surface area contributed by atoms with E-state index in [0.29, 0.717) is 12.0 Å². The smallest absolute Gasteiger partial charge is 0.242 e. The molecule has 1 rings (SSSR count). The third-order valence-corrected chi connectivity index (χ3v) is 4.66. The molecule has 0 amide bonds. The molecule has 5 nitrogen and oxygen atoms in total. The van der Waals surface area contributed by atoms with E-state index >= 15 is 0 Å². The molecule has 0 saturated carbocycles. The van der Waals surface area contributed by atoms with Gasteiger partial charge >= 0.3 is 0 Å². The molecule has 0 aliphatic heterocycles. The van der Waals surface area contributed by atoms with Crippen molar-refractivity contribution in [3.8, 4) is 0 Å². The molecule has 0 fully saturated rings. The maximum Gasteiger partial charge on any atom is 0.242 e. The Labute approximate surface area is 113 Å². The van der Waals surface area contributed by atoms with Crippen LogP contribution in [0.3, 0.4) is 0 Å². The van der Waals surface area contributed by atoms with E-state index in [1.54, 1.807) is 19.1 Å². The Morgan fingerprint density at radius 1 is 1.42 bits per heavy atom. The Kier molecular flexibility index (Phi) is 5.22. The van der Waals surface area contributed by atoms with Crippen molar-refractivity contribution in [2.24, 2.45) is 0 Å². The largest absolute Gasteiger partial charge is 0.393 e. The first-order valence-corrected chi connectivity index (χ1v) is 7.44. The number of sulfonamides is 1. The predicted octanol–water partition coefficient (Wildman–Crippen LogP) is 1.28. The van der Waals surface area contributed by atoms with Crippen LogP contribution in [0.4, 0.5) is 0 Å². The lowest BCUT2D eigenvalue weighted by atomic mass is 10.2. The number of rotatable bonds is 6. The first-order chi connectivity index (χ1) is 8.75. The minimum absolute atomic E-state index is 0.0910. The van der Waals surface area contributed by atoms with Gasteiger partial charge in [-0.15, -0.1) is 0 Å². The van der Waals surface area contributed by atoms with E-state index in [-0.39, 0.29) is 17.2 Å². The average molecular weight is 285 g/mol. The molecule has 19 heavy (non-hydrogen) atoms. The SMILES string of the molecule is CC(=O)c1cccc(S(=O)(=O)N(C)CCC(C)O)c1. The maximum atomic E-state index is 12.3. The van der Waals surface area contributed by atoms with Gasteiger partial charge in [0, 0.05) is 19.2 Å². The fraction of sp³-hybridized carbons (Fsp3) is 0.462. The molecule has 0 radical (unpaired) electrons. The van der Waals surface area contributed by atoms with E-state index in [2.05, 4.69) is 0 Å². The van der Waals surface area contributed by atoms with Gasteiger partial charge in [-0.3, -0.25) is 4.79 Å². The Balaban J connectivity index is 2.99. The number of carbonyl (C=O) groups excluding carboxylic acids is 1. The Morgan fingerprint density at radius 3 is 2.58 bits per heavy atom. The van der Waals surface area contributed by atoms with Crippen LogP contribution in [-0.2, 0) is 10.0 Å². The van der Waals surface area contributed by atoms with Crippen molar-refractivity contribution < 1.29 is 18.3 Å². The molecule has 0 aliphatic carbocycles. The van der Waals surface area contributed by atoms with Gasteiger partial charge in [0.05, 0.1) is 11.0 Å². The molecule has 1 unspecified atom stereocenters. The lowest BCUT2D eigenvalue weighted by Gasteiger charge is -2.18. The van der Waals surface area contributed by atoms with E-state index in [1.165, 1.54) is 30.4 Å². The Morgan fingerprint density at radius 2 is 2.05 bits per heavy atom. The molecule has 1 atom stereocenters. The molecule has 0 heterocycles. The Hall–Kier alpha value is -1.24. The van der Waals surface area contributed by atoms with Gasteiger partial charge in [-0.1, -0.05) is 12.1 Å². The van der Waals surface area contributed by atoms with Crippen LogP contribution >= 0.6 is 0 Å². The van der Waals surface area contributed by atoms with Crippen molar-refractivity contribution in [2.45, 2.75) is 31.3 Å². The number of nitrogens with zero attached hydrogens (tertiary/aromatic N) is 1. The normalized spacial score (nSPS) is 13.5. The number of hydrogen-bond acceptors (Lipinski definition) is 4. The first-order valence-electron chi connectivity index (χ1n) is 6.00. The Bertz CT molecular complexity index is 552. The van der Waals surface area contributed by atoms with Gasteiger partial charge in [-0.25, -0.2) is 12.7 Å². The van der Waals surface area contributed by atoms with Crippen LogP contribution in [0.5, 0.6) is 0 Å². The zero-order valence-electron chi connectivity index (χ0n) is 11.3. The number of benzene rings is 1. The van der Waals surface area contributed by atoms with Gasteiger partial charge < -0.3 is 5.11 Å². The molecular weight excluding hydrogens is 266 g/mol. The third-order valence-electron chi connectivity index (χ3n) is 2.81. The monoisotopic (exact) mass is 285 g/mol. The highest BCUT2D eigenvalue weighted by atomic mass is 32.2. The first kappa shape index (κ1) is 15.8. The molecule has 0 saturated heterocycles. The molecular formula is C13H19NO4S. The number of aliphatic hydroxyl groups excluding tert-OH is 1. The maximum absolute atomic E-state index is 12.3. The van der Waals surface area contributed by atoms with E-state index in [4.69, 9.17) is 0 Å². The summed E-state index contributed by atoms with van der Waals surface area (Å²) < 4.78 is 25.7. The highest BCUT2D eigenvalue weighted by Crippen LogP contribution is 2.16. The highest BCUT2D eigenvalue weighted by Gasteiger charge is 2.21. The van der Waals surface area contributed by atoms with Crippen molar-refractivity contribution in [1.82, 2.24) is 4.31 Å². The summed E-state index contributed by atoms with van der Waals surface area (Å²) in [6.07, 6.45) is -0.191. The van der Waals surface area contributed by atoms with Crippen LogP contribution in [-0.4, -0.2) is 43.3 Å². The number of carbonyl (C=O) groups is 1. The van der Waals surface area contributed by atoms with Crippen LogP contribution < -0.4 is 0 Å². The van der Waals surface area contributed by atoms with Crippen LogP contribution in [0.2, 0.25) is 0 Å². The molecule has 0 spiro atoms. The van der Waals surface area contributed by atoms with Crippen molar-refractivity contribution in [1.29, 1.82) is 0 Å². The number of ketones is 1. The number of hydrogen-bond donors (Lipinski definition) is 1. The van der Waals surface area contributed by atoms with E-state index in [9.17, 15) is 18.3 Å². The summed E-state index contributed by atoms with van der Waals surface area (Å²) >= 11 is 0. The van der Waals surface area contributed by atoms with E-state index < -0.39 is 16.1 Å². The molecule has 1 N–H and O–H groups in total. The molecule has 0 bridgehead atoms. The fourth-order valence-corrected chi connectivity index (χ4v) is 2.78. The molecule has 0 aromatic heterocycles. The molecule has 106 valence electrons. The summed E-state index contributed by atoms with van der Waals surface area (Å²) in [6, 6.07) is 5.96. The second kappa shape index (κ2) is 6.27. The topological polar surface area (TPSA) is 74.7 Å². The van der Waals surface area contributed by atoms with Crippen LogP contribution in [0.25, 0.3) is 0 Å². The van der Waals surface area contributed by atoms with Crippen molar-refractivity contribution in [3.63, 3.8) is 0 Å². The summed E-state index contributed by atoms with van der Waals surface area (Å²) in [5.74, 6) is -0.177. The molecule has 1 aromatic carbocycles. The summed E-state index contributed by atoms with van der Waals surface area (Å²) in [7, 11) is -2.16. The van der Waals surface area contributed by atoms with Gasteiger partial charge in [0.1, 0.15) is 0 Å². The van der Waals surface area contributed by atoms with Gasteiger partial charge in [-0.2, -0.15) is 0 Å². The standard InChI is InChI=1S/C13H19NO4S/c1-10(15)7-8-14(3)19(17,18)13-6-4-5-12(9-13)11(2)16/h4-6,9-10,15H,7-8H2,1-3H3. The highest BCUT2D eigenvalue weighted by molar-refractivity contribution is 7.89. The summed E-state index contributed by atoms with van der Waals surface area (Å²) in [6.45, 7) is 3.23. The summed E-state index contributed by atoms with van der Waals surface area (Å²) in [5, 5.41) is 9.19.